The smallest absolute Gasteiger partial charge is 0.225 e. The molecule has 0 bridgehead atoms. The van der Waals surface area contributed by atoms with Gasteiger partial charge in [-0.2, -0.15) is 0 Å². The number of nitrogens with zero attached hydrogens (tertiary/aromatic N) is 3. The molecule has 0 aliphatic rings. The molecule has 0 spiro atoms. The summed E-state index contributed by atoms with van der Waals surface area (Å²) in [6.45, 7) is 3.87. The first kappa shape index (κ1) is 13.5. The normalized spacial score (nSPS) is 11.4. The highest BCUT2D eigenvalue weighted by molar-refractivity contribution is 7.18. The minimum Gasteiger partial charge on any atom is -0.353 e. The molecule has 0 atom stereocenters. The summed E-state index contributed by atoms with van der Waals surface area (Å²) in [5, 5.41) is 4.68. The summed E-state index contributed by atoms with van der Waals surface area (Å²) >= 11 is 7.86. The first-order chi connectivity index (χ1) is 8.60. The zero-order valence-electron chi connectivity index (χ0n) is 10.8. The predicted molar refractivity (Wildman–Crippen MR) is 78.8 cm³/mol. The van der Waals surface area contributed by atoms with Crippen molar-refractivity contribution in [3.63, 3.8) is 0 Å². The SMILES string of the molecule is CCc1cc2c(Cl)nc(NCCN(C)C)nc2s1. The van der Waals surface area contributed by atoms with Crippen LogP contribution in [0.25, 0.3) is 10.2 Å². The summed E-state index contributed by atoms with van der Waals surface area (Å²) in [6.07, 6.45) is 1.00. The second kappa shape index (κ2) is 5.82. The number of thiophene rings is 1. The summed E-state index contributed by atoms with van der Waals surface area (Å²) < 4.78 is 0. The topological polar surface area (TPSA) is 41.1 Å². The number of halogens is 1. The molecule has 2 rings (SSSR count). The number of aromatic nitrogens is 2. The molecule has 98 valence electrons. The molecule has 0 aliphatic heterocycles. The second-order valence-electron chi connectivity index (χ2n) is 4.35. The fraction of sp³-hybridized carbons (Fsp3) is 0.500. The maximum absolute atomic E-state index is 6.18. The molecule has 6 heteroatoms. The van der Waals surface area contributed by atoms with Crippen LogP contribution in [0.15, 0.2) is 6.07 Å². The molecule has 0 aliphatic carbocycles. The van der Waals surface area contributed by atoms with Crippen molar-refractivity contribution in [2.45, 2.75) is 13.3 Å². The van der Waals surface area contributed by atoms with E-state index in [-0.39, 0.29) is 0 Å². The third-order valence-electron chi connectivity index (χ3n) is 2.59. The van der Waals surface area contributed by atoms with Gasteiger partial charge in [0.2, 0.25) is 5.95 Å². The molecule has 0 radical (unpaired) electrons. The first-order valence-corrected chi connectivity index (χ1v) is 7.14. The fourth-order valence-electron chi connectivity index (χ4n) is 1.58. The Balaban J connectivity index is 2.19. The van der Waals surface area contributed by atoms with Gasteiger partial charge in [0, 0.05) is 23.4 Å². The molecule has 0 fully saturated rings. The lowest BCUT2D eigenvalue weighted by Gasteiger charge is -2.10. The van der Waals surface area contributed by atoms with Gasteiger partial charge in [-0.15, -0.1) is 11.3 Å². The summed E-state index contributed by atoms with van der Waals surface area (Å²) in [6, 6.07) is 2.08. The highest BCUT2D eigenvalue weighted by atomic mass is 35.5. The summed E-state index contributed by atoms with van der Waals surface area (Å²) in [7, 11) is 4.07. The predicted octanol–water partition coefficient (Wildman–Crippen LogP) is 2.88. The van der Waals surface area contributed by atoms with E-state index in [1.165, 1.54) is 4.88 Å². The van der Waals surface area contributed by atoms with E-state index in [2.05, 4.69) is 33.2 Å². The number of hydrogen-bond donors (Lipinski definition) is 1. The molecule has 2 heterocycles. The fourth-order valence-corrected chi connectivity index (χ4v) is 2.83. The molecule has 0 unspecified atom stereocenters. The van der Waals surface area contributed by atoms with E-state index in [1.807, 2.05) is 14.1 Å². The summed E-state index contributed by atoms with van der Waals surface area (Å²) in [4.78, 5) is 13.1. The first-order valence-electron chi connectivity index (χ1n) is 5.94. The molecule has 2 aromatic heterocycles. The Morgan fingerprint density at radius 2 is 2.17 bits per heavy atom. The molecular weight excluding hydrogens is 268 g/mol. The van der Waals surface area contributed by atoms with E-state index in [1.54, 1.807) is 11.3 Å². The van der Waals surface area contributed by atoms with Crippen LogP contribution >= 0.6 is 22.9 Å². The standard InChI is InChI=1S/C12H17ClN4S/c1-4-8-7-9-10(13)15-12(16-11(9)18-8)14-5-6-17(2)3/h7H,4-6H2,1-3H3,(H,14,15,16). The van der Waals surface area contributed by atoms with Crippen molar-refractivity contribution in [1.29, 1.82) is 0 Å². The van der Waals surface area contributed by atoms with Crippen LogP contribution < -0.4 is 5.32 Å². The lowest BCUT2D eigenvalue weighted by atomic mass is 10.3. The van der Waals surface area contributed by atoms with Gasteiger partial charge in [0.25, 0.3) is 0 Å². The zero-order valence-corrected chi connectivity index (χ0v) is 12.4. The summed E-state index contributed by atoms with van der Waals surface area (Å²) in [5.41, 5.74) is 0. The van der Waals surface area contributed by atoms with Crippen molar-refractivity contribution in [3.05, 3.63) is 16.1 Å². The van der Waals surface area contributed by atoms with Crippen LogP contribution in [0, 0.1) is 0 Å². The molecule has 18 heavy (non-hydrogen) atoms. The van der Waals surface area contributed by atoms with Gasteiger partial charge in [0.05, 0.1) is 0 Å². The number of hydrogen-bond acceptors (Lipinski definition) is 5. The van der Waals surface area contributed by atoms with Crippen molar-refractivity contribution >= 4 is 39.1 Å². The van der Waals surface area contributed by atoms with Crippen LogP contribution in [-0.2, 0) is 6.42 Å². The number of likely N-dealkylation sites (N-methyl/N-ethyl adjacent to an activating group) is 1. The number of fused-ring (bicyclic) bond motifs is 1. The Kier molecular flexibility index (Phi) is 4.37. The van der Waals surface area contributed by atoms with Crippen LogP contribution in [0.1, 0.15) is 11.8 Å². The average molecular weight is 285 g/mol. The van der Waals surface area contributed by atoms with Crippen molar-refractivity contribution in [1.82, 2.24) is 14.9 Å². The molecule has 2 aromatic rings. The van der Waals surface area contributed by atoms with Crippen molar-refractivity contribution in [2.24, 2.45) is 0 Å². The van der Waals surface area contributed by atoms with Crippen LogP contribution in [0.3, 0.4) is 0 Å². The molecule has 4 nitrogen and oxygen atoms in total. The Bertz CT molecular complexity index is 538. The van der Waals surface area contributed by atoms with Crippen molar-refractivity contribution < 1.29 is 0 Å². The molecule has 0 aromatic carbocycles. The minimum atomic E-state index is 0.531. The second-order valence-corrected chi connectivity index (χ2v) is 5.83. The minimum absolute atomic E-state index is 0.531. The maximum Gasteiger partial charge on any atom is 0.225 e. The lowest BCUT2D eigenvalue weighted by Crippen LogP contribution is -2.21. The van der Waals surface area contributed by atoms with Gasteiger partial charge in [-0.3, -0.25) is 0 Å². The zero-order chi connectivity index (χ0) is 13.1. The molecule has 0 saturated carbocycles. The Hall–Kier alpha value is -0.910. The van der Waals surface area contributed by atoms with Crippen LogP contribution in [0.4, 0.5) is 5.95 Å². The Morgan fingerprint density at radius 3 is 2.83 bits per heavy atom. The monoisotopic (exact) mass is 284 g/mol. The van der Waals surface area contributed by atoms with Gasteiger partial charge in [-0.25, -0.2) is 9.97 Å². The quantitative estimate of drug-likeness (QED) is 0.857. The van der Waals surface area contributed by atoms with Gasteiger partial charge >= 0.3 is 0 Å². The van der Waals surface area contributed by atoms with Crippen LogP contribution in [0.5, 0.6) is 0 Å². The van der Waals surface area contributed by atoms with Gasteiger partial charge in [0.15, 0.2) is 0 Å². The van der Waals surface area contributed by atoms with Gasteiger partial charge < -0.3 is 10.2 Å². The molecular formula is C12H17ClN4S. The van der Waals surface area contributed by atoms with E-state index in [4.69, 9.17) is 11.6 Å². The van der Waals surface area contributed by atoms with E-state index in [9.17, 15) is 0 Å². The third kappa shape index (κ3) is 3.10. The van der Waals surface area contributed by atoms with Gasteiger partial charge in [-0.1, -0.05) is 18.5 Å². The van der Waals surface area contributed by atoms with Gasteiger partial charge in [-0.05, 0) is 26.6 Å². The number of anilines is 1. The van der Waals surface area contributed by atoms with E-state index >= 15 is 0 Å². The van der Waals surface area contributed by atoms with Crippen LogP contribution in [0.2, 0.25) is 5.15 Å². The number of nitrogens with one attached hydrogen (secondary N) is 1. The Labute approximate surface area is 116 Å². The number of rotatable bonds is 5. The van der Waals surface area contributed by atoms with E-state index < -0.39 is 0 Å². The van der Waals surface area contributed by atoms with Crippen molar-refractivity contribution in [3.8, 4) is 0 Å². The third-order valence-corrected chi connectivity index (χ3v) is 4.05. The largest absolute Gasteiger partial charge is 0.353 e. The maximum atomic E-state index is 6.18. The highest BCUT2D eigenvalue weighted by Gasteiger charge is 2.09. The Morgan fingerprint density at radius 1 is 1.39 bits per heavy atom. The average Bonchev–Trinajstić information content (AvgIpc) is 2.72. The lowest BCUT2D eigenvalue weighted by molar-refractivity contribution is 0.425. The molecule has 0 saturated heterocycles. The highest BCUT2D eigenvalue weighted by Crippen LogP contribution is 2.29. The number of aryl methyl sites for hydroxylation is 1. The van der Waals surface area contributed by atoms with Crippen LogP contribution in [-0.4, -0.2) is 42.1 Å². The van der Waals surface area contributed by atoms with Crippen molar-refractivity contribution in [2.75, 3.05) is 32.5 Å². The van der Waals surface area contributed by atoms with E-state index in [0.717, 1.165) is 29.7 Å². The van der Waals surface area contributed by atoms with E-state index in [0.29, 0.717) is 11.1 Å². The molecule has 1 N–H and O–H groups in total. The van der Waals surface area contributed by atoms with Gasteiger partial charge in [0.1, 0.15) is 9.98 Å². The molecule has 0 amide bonds. The summed E-state index contributed by atoms with van der Waals surface area (Å²) in [5.74, 6) is 0.610.